The number of hydrogen-bond donors (Lipinski definition) is 2. The molecular weight excluding hydrogens is 372 g/mol. The Morgan fingerprint density at radius 1 is 1.10 bits per heavy atom. The lowest BCUT2D eigenvalue weighted by atomic mass is 9.86. The number of cyclic esters (lactones) is 1. The summed E-state index contributed by atoms with van der Waals surface area (Å²) in [6.07, 6.45) is 0.321. The maximum Gasteiger partial charge on any atom is 0.343 e. The molecule has 1 aromatic carbocycles. The molecule has 0 amide bonds. The fraction of sp³-hybridized carbons (Fsp3) is 0.318. The number of carbonyl (C=O) groups excluding carboxylic acids is 1. The number of aliphatic hydroxyl groups is 2. The second-order valence-electron chi connectivity index (χ2n) is 7.60. The van der Waals surface area contributed by atoms with Crippen LogP contribution in [0.2, 0.25) is 0 Å². The van der Waals surface area contributed by atoms with Crippen LogP contribution in [0.25, 0.3) is 22.3 Å². The Balaban J connectivity index is 1.91. The normalized spacial score (nSPS) is 24.8. The first-order valence-electron chi connectivity index (χ1n) is 9.67. The summed E-state index contributed by atoms with van der Waals surface area (Å²) < 4.78 is 6.41. The van der Waals surface area contributed by atoms with E-state index < -0.39 is 22.9 Å². The Morgan fingerprint density at radius 2 is 1.86 bits per heavy atom. The standard InChI is InChI=1S/C22H20N2O5/c1-3-21(27)14-10-17-18-15(9-12-7-5-6-8-16(12)23-18)22(28,4-2)24(17)19(25)13(14)11-29-20(21)26/h5-10,27-28H,3-4,11H2,1-2H3. The van der Waals surface area contributed by atoms with Crippen molar-refractivity contribution in [3.05, 3.63) is 63.4 Å². The minimum Gasteiger partial charge on any atom is -0.458 e. The van der Waals surface area contributed by atoms with Crippen LogP contribution in [0, 0.1) is 0 Å². The van der Waals surface area contributed by atoms with E-state index in [1.807, 2.05) is 30.3 Å². The zero-order valence-electron chi connectivity index (χ0n) is 16.1. The summed E-state index contributed by atoms with van der Waals surface area (Å²) in [5.74, 6) is -0.771. The minimum atomic E-state index is -1.90. The first-order valence-corrected chi connectivity index (χ1v) is 9.67. The number of ether oxygens (including phenoxy) is 1. The topological polar surface area (TPSA) is 102 Å². The van der Waals surface area contributed by atoms with E-state index in [0.717, 1.165) is 10.9 Å². The van der Waals surface area contributed by atoms with Crippen molar-refractivity contribution in [3.8, 4) is 11.4 Å². The number of aromatic nitrogens is 2. The molecule has 2 aliphatic heterocycles. The Labute approximate surface area is 166 Å². The van der Waals surface area contributed by atoms with Crippen LogP contribution in [0.3, 0.4) is 0 Å². The van der Waals surface area contributed by atoms with Crippen LogP contribution < -0.4 is 5.56 Å². The second-order valence-corrected chi connectivity index (χ2v) is 7.60. The van der Waals surface area contributed by atoms with Gasteiger partial charge in [-0.05, 0) is 31.0 Å². The third-order valence-corrected chi connectivity index (χ3v) is 6.21. The van der Waals surface area contributed by atoms with Crippen LogP contribution in [0.15, 0.2) is 41.2 Å². The van der Waals surface area contributed by atoms with Gasteiger partial charge in [-0.15, -0.1) is 0 Å². The van der Waals surface area contributed by atoms with Gasteiger partial charge >= 0.3 is 5.97 Å². The second kappa shape index (κ2) is 5.75. The van der Waals surface area contributed by atoms with Crippen molar-refractivity contribution in [2.45, 2.75) is 44.6 Å². The summed E-state index contributed by atoms with van der Waals surface area (Å²) in [7, 11) is 0. The molecule has 2 N–H and O–H groups in total. The zero-order chi connectivity index (χ0) is 20.6. The summed E-state index contributed by atoms with van der Waals surface area (Å²) in [5, 5.41) is 23.4. The fourth-order valence-corrected chi connectivity index (χ4v) is 4.49. The molecule has 0 fully saturated rings. The molecule has 2 unspecified atom stereocenters. The van der Waals surface area contributed by atoms with Gasteiger partial charge in [-0.1, -0.05) is 32.0 Å². The molecule has 0 bridgehead atoms. The number of hydrogen-bond acceptors (Lipinski definition) is 6. The van der Waals surface area contributed by atoms with Crippen LogP contribution >= 0.6 is 0 Å². The van der Waals surface area contributed by atoms with Crippen LogP contribution in [0.5, 0.6) is 0 Å². The highest BCUT2D eigenvalue weighted by atomic mass is 16.6. The van der Waals surface area contributed by atoms with Gasteiger partial charge < -0.3 is 14.9 Å². The summed E-state index contributed by atoms with van der Waals surface area (Å²) in [6.45, 7) is 3.22. The Morgan fingerprint density at radius 3 is 2.59 bits per heavy atom. The molecule has 0 aliphatic carbocycles. The van der Waals surface area contributed by atoms with Crippen molar-refractivity contribution in [2.75, 3.05) is 0 Å². The van der Waals surface area contributed by atoms with Crippen molar-refractivity contribution in [2.24, 2.45) is 0 Å². The number of esters is 1. The number of fused-ring (bicyclic) bond motifs is 5. The molecule has 0 saturated carbocycles. The quantitative estimate of drug-likeness (QED) is 0.648. The molecule has 148 valence electrons. The van der Waals surface area contributed by atoms with Crippen molar-refractivity contribution in [3.63, 3.8) is 0 Å². The molecular formula is C22H20N2O5. The lowest BCUT2D eigenvalue weighted by molar-refractivity contribution is -0.172. The number of benzene rings is 1. The van der Waals surface area contributed by atoms with E-state index in [2.05, 4.69) is 0 Å². The first-order chi connectivity index (χ1) is 13.8. The van der Waals surface area contributed by atoms with Gasteiger partial charge in [0.25, 0.3) is 5.56 Å². The number of nitrogens with zero attached hydrogens (tertiary/aromatic N) is 2. The molecule has 7 nitrogen and oxygen atoms in total. The van der Waals surface area contributed by atoms with Gasteiger partial charge in [0.1, 0.15) is 6.61 Å². The fourth-order valence-electron chi connectivity index (χ4n) is 4.49. The number of pyridine rings is 2. The first kappa shape index (κ1) is 18.0. The lowest BCUT2D eigenvalue weighted by Gasteiger charge is -2.33. The maximum atomic E-state index is 13.4. The van der Waals surface area contributed by atoms with E-state index in [4.69, 9.17) is 9.72 Å². The molecule has 4 heterocycles. The van der Waals surface area contributed by atoms with Crippen molar-refractivity contribution in [1.29, 1.82) is 0 Å². The van der Waals surface area contributed by atoms with Gasteiger partial charge in [0.05, 0.1) is 22.5 Å². The van der Waals surface area contributed by atoms with E-state index in [1.54, 1.807) is 19.9 Å². The monoisotopic (exact) mass is 392 g/mol. The third kappa shape index (κ3) is 2.11. The van der Waals surface area contributed by atoms with Gasteiger partial charge in [0.2, 0.25) is 0 Å². The predicted molar refractivity (Wildman–Crippen MR) is 105 cm³/mol. The van der Waals surface area contributed by atoms with Crippen molar-refractivity contribution < 1.29 is 19.7 Å². The third-order valence-electron chi connectivity index (χ3n) is 6.21. The molecule has 3 aromatic rings. The highest BCUT2D eigenvalue weighted by Crippen LogP contribution is 2.45. The molecule has 2 aliphatic rings. The van der Waals surface area contributed by atoms with Crippen LogP contribution in [0.1, 0.15) is 43.4 Å². The number of rotatable bonds is 2. The Kier molecular flexibility index (Phi) is 3.57. The van der Waals surface area contributed by atoms with E-state index in [0.29, 0.717) is 17.0 Å². The average molecular weight is 392 g/mol. The Bertz CT molecular complexity index is 1260. The molecule has 29 heavy (non-hydrogen) atoms. The predicted octanol–water partition coefficient (Wildman–Crippen LogP) is 2.13. The molecule has 2 atom stereocenters. The van der Waals surface area contributed by atoms with E-state index in [-0.39, 0.29) is 30.6 Å². The smallest absolute Gasteiger partial charge is 0.343 e. The summed E-state index contributed by atoms with van der Waals surface area (Å²) >= 11 is 0. The highest BCUT2D eigenvalue weighted by Gasteiger charge is 2.49. The average Bonchev–Trinajstić information content (AvgIpc) is 2.98. The van der Waals surface area contributed by atoms with E-state index >= 15 is 0 Å². The minimum absolute atomic E-state index is 0.0672. The molecule has 5 rings (SSSR count). The number of para-hydroxylation sites is 1. The van der Waals surface area contributed by atoms with E-state index in [1.165, 1.54) is 4.57 Å². The van der Waals surface area contributed by atoms with Crippen LogP contribution in [-0.2, 0) is 27.5 Å². The zero-order valence-corrected chi connectivity index (χ0v) is 16.1. The van der Waals surface area contributed by atoms with Crippen molar-refractivity contribution in [1.82, 2.24) is 9.55 Å². The SMILES string of the molecule is CCC1(O)C(=O)OCc2c1cc1n(c2=O)C(O)(CC)c2cc3ccccc3nc2-1. The molecule has 0 radical (unpaired) electrons. The lowest BCUT2D eigenvalue weighted by Crippen LogP contribution is -2.47. The Hall–Kier alpha value is -3.03. The molecule has 2 aromatic heterocycles. The van der Waals surface area contributed by atoms with Crippen LogP contribution in [0.4, 0.5) is 0 Å². The highest BCUT2D eigenvalue weighted by molar-refractivity contribution is 5.86. The summed E-state index contributed by atoms with van der Waals surface area (Å²) in [6, 6.07) is 11.0. The molecule has 7 heteroatoms. The van der Waals surface area contributed by atoms with Gasteiger partial charge in [-0.2, -0.15) is 0 Å². The van der Waals surface area contributed by atoms with Gasteiger partial charge in [-0.25, -0.2) is 9.78 Å². The van der Waals surface area contributed by atoms with Gasteiger partial charge in [0.15, 0.2) is 11.3 Å². The van der Waals surface area contributed by atoms with Crippen LogP contribution in [-0.4, -0.2) is 25.7 Å². The summed E-state index contributed by atoms with van der Waals surface area (Å²) in [4.78, 5) is 30.4. The summed E-state index contributed by atoms with van der Waals surface area (Å²) in [5.41, 5.74) is -1.41. The molecule has 0 spiro atoms. The van der Waals surface area contributed by atoms with Gasteiger partial charge in [0, 0.05) is 16.5 Å². The number of carbonyl (C=O) groups is 1. The maximum absolute atomic E-state index is 13.4. The van der Waals surface area contributed by atoms with E-state index in [9.17, 15) is 19.8 Å². The van der Waals surface area contributed by atoms with Crippen molar-refractivity contribution >= 4 is 16.9 Å². The molecule has 0 saturated heterocycles. The largest absolute Gasteiger partial charge is 0.458 e. The van der Waals surface area contributed by atoms with Gasteiger partial charge in [-0.3, -0.25) is 9.36 Å².